The number of pyridine rings is 3. The lowest BCUT2D eigenvalue weighted by atomic mass is 10.0. The van der Waals surface area contributed by atoms with Gasteiger partial charge in [-0.15, -0.1) is 0 Å². The first-order chi connectivity index (χ1) is 15.8. The van der Waals surface area contributed by atoms with Crippen molar-refractivity contribution in [2.24, 2.45) is 0 Å². The molecule has 0 aliphatic rings. The van der Waals surface area contributed by atoms with Crippen molar-refractivity contribution in [3.63, 3.8) is 0 Å². The fraction of sp³-hybridized carbons (Fsp3) is 0. The zero-order valence-electron chi connectivity index (χ0n) is 17.1. The average molecular weight is 434 g/mol. The van der Waals surface area contributed by atoms with Crippen LogP contribution in [-0.4, -0.2) is 20.1 Å². The van der Waals surface area contributed by atoms with Gasteiger partial charge in [0.15, 0.2) is 0 Å². The van der Waals surface area contributed by atoms with Gasteiger partial charge in [-0.25, -0.2) is 15.0 Å². The largest absolute Gasteiger partial charge is 0.507 e. The summed E-state index contributed by atoms with van der Waals surface area (Å²) in [5.41, 5.74) is 4.98. The molecule has 3 heterocycles. The fourth-order valence-corrected chi connectivity index (χ4v) is 4.19. The first-order valence-corrected chi connectivity index (χ1v) is 11.0. The Morgan fingerprint density at radius 2 is 1.31 bits per heavy atom. The molecular formula is C27H19N3OS. The summed E-state index contributed by atoms with van der Waals surface area (Å²) in [6, 6.07) is 33.0. The van der Waals surface area contributed by atoms with E-state index in [9.17, 15) is 5.11 Å². The second-order valence-electron chi connectivity index (χ2n) is 7.14. The summed E-state index contributed by atoms with van der Waals surface area (Å²) in [6.45, 7) is 0. The number of phenols is 1. The summed E-state index contributed by atoms with van der Waals surface area (Å²) < 4.78 is 0. The zero-order valence-corrected chi connectivity index (χ0v) is 17.9. The van der Waals surface area contributed by atoms with Crippen LogP contribution in [0.5, 0.6) is 5.75 Å². The van der Waals surface area contributed by atoms with Gasteiger partial charge in [-0.2, -0.15) is 0 Å². The molecule has 0 bridgehead atoms. The number of rotatable bonds is 5. The SMILES string of the molecule is Oc1ccccc1-c1cc(-c2ccccc2)nc(-c2cccc(Sc3ccccn3)n2)c1. The summed E-state index contributed by atoms with van der Waals surface area (Å²) >= 11 is 1.51. The van der Waals surface area contributed by atoms with E-state index in [4.69, 9.17) is 9.97 Å². The highest BCUT2D eigenvalue weighted by molar-refractivity contribution is 7.99. The van der Waals surface area contributed by atoms with Crippen LogP contribution in [-0.2, 0) is 0 Å². The number of para-hydroxylation sites is 1. The van der Waals surface area contributed by atoms with E-state index in [-0.39, 0.29) is 5.75 Å². The third-order valence-electron chi connectivity index (χ3n) is 4.94. The minimum atomic E-state index is 0.232. The molecule has 4 nitrogen and oxygen atoms in total. The maximum absolute atomic E-state index is 10.4. The van der Waals surface area contributed by atoms with Gasteiger partial charge in [0.1, 0.15) is 15.8 Å². The lowest BCUT2D eigenvalue weighted by Crippen LogP contribution is -1.94. The van der Waals surface area contributed by atoms with Gasteiger partial charge in [-0.3, -0.25) is 0 Å². The Balaban J connectivity index is 1.61. The lowest BCUT2D eigenvalue weighted by Gasteiger charge is -2.11. The van der Waals surface area contributed by atoms with Gasteiger partial charge in [-0.1, -0.05) is 72.4 Å². The molecule has 0 saturated heterocycles. The molecule has 0 aliphatic carbocycles. The number of phenolic OH excluding ortho intramolecular Hbond substituents is 1. The third-order valence-corrected chi connectivity index (χ3v) is 5.83. The average Bonchev–Trinajstić information content (AvgIpc) is 2.85. The molecule has 0 amide bonds. The van der Waals surface area contributed by atoms with Crippen molar-refractivity contribution < 1.29 is 5.11 Å². The number of hydrogen-bond acceptors (Lipinski definition) is 5. The predicted octanol–water partition coefficient (Wildman–Crippen LogP) is 6.73. The molecule has 1 N–H and O–H groups in total. The van der Waals surface area contributed by atoms with E-state index in [0.717, 1.165) is 43.8 Å². The Labute approximate surface area is 190 Å². The highest BCUT2D eigenvalue weighted by Gasteiger charge is 2.12. The highest BCUT2D eigenvalue weighted by atomic mass is 32.2. The monoisotopic (exact) mass is 433 g/mol. The summed E-state index contributed by atoms with van der Waals surface area (Å²) in [5, 5.41) is 12.2. The summed E-state index contributed by atoms with van der Waals surface area (Å²) in [6.07, 6.45) is 1.77. The topological polar surface area (TPSA) is 58.9 Å². The smallest absolute Gasteiger partial charge is 0.123 e. The Kier molecular flexibility index (Phi) is 5.64. The Bertz CT molecular complexity index is 1360. The van der Waals surface area contributed by atoms with Crippen LogP contribution in [0.2, 0.25) is 0 Å². The molecule has 3 aromatic heterocycles. The molecule has 0 unspecified atom stereocenters. The summed E-state index contributed by atoms with van der Waals surface area (Å²) in [4.78, 5) is 14.1. The van der Waals surface area contributed by atoms with Crippen molar-refractivity contribution in [3.8, 4) is 39.5 Å². The van der Waals surface area contributed by atoms with Crippen LogP contribution < -0.4 is 0 Å². The predicted molar refractivity (Wildman–Crippen MR) is 128 cm³/mol. The van der Waals surface area contributed by atoms with Gasteiger partial charge < -0.3 is 5.11 Å². The number of benzene rings is 2. The number of aromatic nitrogens is 3. The van der Waals surface area contributed by atoms with E-state index in [1.165, 1.54) is 11.8 Å². The minimum Gasteiger partial charge on any atom is -0.507 e. The van der Waals surface area contributed by atoms with Crippen molar-refractivity contribution in [1.29, 1.82) is 0 Å². The second-order valence-corrected chi connectivity index (χ2v) is 8.18. The van der Waals surface area contributed by atoms with E-state index in [0.29, 0.717) is 0 Å². The van der Waals surface area contributed by atoms with Crippen molar-refractivity contribution in [2.45, 2.75) is 10.1 Å². The first-order valence-electron chi connectivity index (χ1n) is 10.2. The molecule has 2 aromatic carbocycles. The van der Waals surface area contributed by atoms with Crippen LogP contribution in [0.1, 0.15) is 0 Å². The quantitative estimate of drug-likeness (QED) is 0.333. The van der Waals surface area contributed by atoms with Gasteiger partial charge in [0, 0.05) is 17.3 Å². The molecule has 154 valence electrons. The lowest BCUT2D eigenvalue weighted by molar-refractivity contribution is 0.477. The molecule has 0 aliphatic heterocycles. The Morgan fingerprint density at radius 3 is 2.12 bits per heavy atom. The standard InChI is InChI=1S/C27H19N3OS/c31-25-13-5-4-11-21(25)20-17-23(19-9-2-1-3-10-19)29-24(18-20)22-12-8-15-27(30-22)32-26-14-6-7-16-28-26/h1-18,31H. The molecule has 0 saturated carbocycles. The maximum Gasteiger partial charge on any atom is 0.123 e. The first kappa shape index (κ1) is 20.0. The normalized spacial score (nSPS) is 10.8. The van der Waals surface area contributed by atoms with E-state index in [2.05, 4.69) is 4.98 Å². The van der Waals surface area contributed by atoms with E-state index in [1.54, 1.807) is 12.3 Å². The number of nitrogens with zero attached hydrogens (tertiary/aromatic N) is 3. The number of hydrogen-bond donors (Lipinski definition) is 1. The van der Waals surface area contributed by atoms with Gasteiger partial charge in [0.05, 0.1) is 17.1 Å². The van der Waals surface area contributed by atoms with E-state index >= 15 is 0 Å². The molecule has 32 heavy (non-hydrogen) atoms. The van der Waals surface area contributed by atoms with Gasteiger partial charge in [-0.05, 0) is 48.0 Å². The highest BCUT2D eigenvalue weighted by Crippen LogP contribution is 2.34. The summed E-state index contributed by atoms with van der Waals surface area (Å²) in [5.74, 6) is 0.232. The molecule has 0 fully saturated rings. The van der Waals surface area contributed by atoms with Crippen LogP contribution >= 0.6 is 11.8 Å². The molecular weight excluding hydrogens is 414 g/mol. The van der Waals surface area contributed by atoms with Crippen LogP contribution in [0.25, 0.3) is 33.8 Å². The van der Waals surface area contributed by atoms with E-state index in [1.807, 2.05) is 97.1 Å². The fourth-order valence-electron chi connectivity index (χ4n) is 3.42. The Hall–Kier alpha value is -3.96. The van der Waals surface area contributed by atoms with Crippen molar-refractivity contribution in [1.82, 2.24) is 15.0 Å². The van der Waals surface area contributed by atoms with Crippen LogP contribution in [0.3, 0.4) is 0 Å². The zero-order chi connectivity index (χ0) is 21.8. The molecule has 5 rings (SSSR count). The third kappa shape index (κ3) is 4.38. The summed E-state index contributed by atoms with van der Waals surface area (Å²) in [7, 11) is 0. The molecule has 5 aromatic rings. The van der Waals surface area contributed by atoms with Crippen molar-refractivity contribution in [3.05, 3.63) is 109 Å². The minimum absolute atomic E-state index is 0.232. The molecule has 0 atom stereocenters. The second kappa shape index (κ2) is 9.04. The van der Waals surface area contributed by atoms with E-state index < -0.39 is 0 Å². The van der Waals surface area contributed by atoms with Crippen LogP contribution in [0.15, 0.2) is 119 Å². The van der Waals surface area contributed by atoms with Gasteiger partial charge >= 0.3 is 0 Å². The molecule has 0 spiro atoms. The number of aromatic hydroxyl groups is 1. The Morgan fingerprint density at radius 1 is 0.562 bits per heavy atom. The van der Waals surface area contributed by atoms with Crippen molar-refractivity contribution >= 4 is 11.8 Å². The van der Waals surface area contributed by atoms with Gasteiger partial charge in [0.2, 0.25) is 0 Å². The van der Waals surface area contributed by atoms with Gasteiger partial charge in [0.25, 0.3) is 0 Å². The molecule has 5 heteroatoms. The van der Waals surface area contributed by atoms with Crippen LogP contribution in [0.4, 0.5) is 0 Å². The van der Waals surface area contributed by atoms with Crippen molar-refractivity contribution in [2.75, 3.05) is 0 Å². The maximum atomic E-state index is 10.4. The van der Waals surface area contributed by atoms with Crippen LogP contribution in [0, 0.1) is 0 Å². The molecule has 0 radical (unpaired) electrons.